The van der Waals surface area contributed by atoms with E-state index in [1.54, 1.807) is 11.8 Å². The number of hydrogen-bond donors (Lipinski definition) is 1. The van der Waals surface area contributed by atoms with Crippen molar-refractivity contribution in [1.82, 2.24) is 19.7 Å². The molecular weight excluding hydrogens is 382 g/mol. The number of anilines is 2. The van der Waals surface area contributed by atoms with E-state index >= 15 is 0 Å². The summed E-state index contributed by atoms with van der Waals surface area (Å²) in [4.78, 5) is 8.54. The van der Waals surface area contributed by atoms with Gasteiger partial charge in [0.1, 0.15) is 18.3 Å². The maximum absolute atomic E-state index is 6.05. The normalized spacial score (nSPS) is 11.7. The van der Waals surface area contributed by atoms with Gasteiger partial charge in [-0.3, -0.25) is 0 Å². The van der Waals surface area contributed by atoms with Crippen molar-refractivity contribution in [3.05, 3.63) is 35.7 Å². The summed E-state index contributed by atoms with van der Waals surface area (Å²) in [5.41, 5.74) is 0.729. The van der Waals surface area contributed by atoms with Crippen LogP contribution in [0.3, 0.4) is 0 Å². The van der Waals surface area contributed by atoms with Gasteiger partial charge in [-0.05, 0) is 35.8 Å². The lowest BCUT2D eigenvalue weighted by Crippen LogP contribution is -2.22. The molecule has 3 aromatic rings. The van der Waals surface area contributed by atoms with Crippen LogP contribution in [0.25, 0.3) is 10.9 Å². The number of benzene rings is 1. The van der Waals surface area contributed by atoms with E-state index in [9.17, 15) is 0 Å². The number of methoxy groups -OCH3 is 1. The third-order valence-electron chi connectivity index (χ3n) is 3.98. The largest absolute Gasteiger partial charge is 0.497 e. The second kappa shape index (κ2) is 8.24. The van der Waals surface area contributed by atoms with Gasteiger partial charge in [-0.25, -0.2) is 9.67 Å². The Kier molecular flexibility index (Phi) is 5.98. The molecular formula is C18H24ClN5O2Si. The summed E-state index contributed by atoms with van der Waals surface area (Å²) in [6, 6.07) is 8.54. The summed E-state index contributed by atoms with van der Waals surface area (Å²) in [6.45, 7) is 8.17. The molecule has 144 valence electrons. The Balaban J connectivity index is 1.71. The van der Waals surface area contributed by atoms with Gasteiger partial charge in [0.15, 0.2) is 5.82 Å². The lowest BCUT2D eigenvalue weighted by Gasteiger charge is -2.15. The zero-order valence-corrected chi connectivity index (χ0v) is 17.7. The molecule has 0 aliphatic carbocycles. The summed E-state index contributed by atoms with van der Waals surface area (Å²) in [6.07, 6.45) is 1.86. The van der Waals surface area contributed by atoms with Crippen molar-refractivity contribution < 1.29 is 9.47 Å². The molecule has 0 aliphatic rings. The number of ether oxygens (including phenoxy) is 2. The fraction of sp³-hybridized carbons (Fsp3) is 0.389. The van der Waals surface area contributed by atoms with Crippen LogP contribution in [0.2, 0.25) is 31.0 Å². The van der Waals surface area contributed by atoms with Crippen LogP contribution in [0.4, 0.5) is 11.6 Å². The van der Waals surface area contributed by atoms with Gasteiger partial charge in [0.25, 0.3) is 0 Å². The lowest BCUT2D eigenvalue weighted by atomic mass is 10.2. The third-order valence-corrected chi connectivity index (χ3v) is 5.86. The van der Waals surface area contributed by atoms with Crippen LogP contribution in [0.5, 0.6) is 5.75 Å². The Morgan fingerprint density at radius 3 is 2.74 bits per heavy atom. The maximum Gasteiger partial charge on any atom is 0.224 e. The molecule has 0 atom stereocenters. The van der Waals surface area contributed by atoms with Gasteiger partial charge in [0.05, 0.1) is 12.6 Å². The van der Waals surface area contributed by atoms with Crippen LogP contribution in [0.1, 0.15) is 0 Å². The molecule has 2 aromatic heterocycles. The predicted molar refractivity (Wildman–Crippen MR) is 111 cm³/mol. The van der Waals surface area contributed by atoms with Gasteiger partial charge < -0.3 is 14.8 Å². The van der Waals surface area contributed by atoms with Crippen LogP contribution < -0.4 is 10.1 Å². The summed E-state index contributed by atoms with van der Waals surface area (Å²) in [7, 11) is 0.535. The van der Waals surface area contributed by atoms with Gasteiger partial charge in [0.2, 0.25) is 5.28 Å². The van der Waals surface area contributed by atoms with E-state index < -0.39 is 8.07 Å². The van der Waals surface area contributed by atoms with E-state index in [2.05, 4.69) is 40.0 Å². The van der Waals surface area contributed by atoms with Crippen LogP contribution in [-0.2, 0) is 11.5 Å². The zero-order valence-electron chi connectivity index (χ0n) is 16.0. The van der Waals surface area contributed by atoms with Gasteiger partial charge in [-0.1, -0.05) is 19.6 Å². The highest BCUT2D eigenvalue weighted by molar-refractivity contribution is 6.76. The Morgan fingerprint density at radius 1 is 1.19 bits per heavy atom. The van der Waals surface area contributed by atoms with E-state index in [0.717, 1.165) is 29.3 Å². The number of hydrogen-bond acceptors (Lipinski definition) is 6. The summed E-state index contributed by atoms with van der Waals surface area (Å²) in [5.74, 6) is 1.95. The van der Waals surface area contributed by atoms with E-state index in [1.165, 1.54) is 0 Å². The van der Waals surface area contributed by atoms with E-state index in [4.69, 9.17) is 21.1 Å². The predicted octanol–water partition coefficient (Wildman–Crippen LogP) is 4.54. The van der Waals surface area contributed by atoms with Crippen LogP contribution >= 0.6 is 11.6 Å². The maximum atomic E-state index is 6.05. The topological polar surface area (TPSA) is 74.1 Å². The Morgan fingerprint density at radius 2 is 2.00 bits per heavy atom. The highest BCUT2D eigenvalue weighted by Gasteiger charge is 2.12. The first-order valence-corrected chi connectivity index (χ1v) is 12.8. The number of nitrogens with one attached hydrogen (secondary N) is 1. The van der Waals surface area contributed by atoms with Gasteiger partial charge in [-0.2, -0.15) is 10.1 Å². The number of fused-ring (bicyclic) bond motifs is 1. The molecule has 0 aliphatic heterocycles. The minimum atomic E-state index is -1.08. The van der Waals surface area contributed by atoms with Crippen molar-refractivity contribution in [3.8, 4) is 5.75 Å². The number of rotatable bonds is 8. The average Bonchev–Trinajstić information content (AvgIpc) is 3.05. The molecule has 0 spiro atoms. The molecule has 0 saturated heterocycles. The van der Waals surface area contributed by atoms with Gasteiger partial charge >= 0.3 is 0 Å². The van der Waals surface area contributed by atoms with Crippen molar-refractivity contribution in [1.29, 1.82) is 0 Å². The average molecular weight is 406 g/mol. The molecule has 0 fully saturated rings. The summed E-state index contributed by atoms with van der Waals surface area (Å²) < 4.78 is 12.8. The molecule has 2 heterocycles. The third kappa shape index (κ3) is 5.41. The van der Waals surface area contributed by atoms with Crippen LogP contribution in [0.15, 0.2) is 30.5 Å². The second-order valence-corrected chi connectivity index (χ2v) is 13.4. The van der Waals surface area contributed by atoms with Gasteiger partial charge in [-0.15, -0.1) is 0 Å². The minimum Gasteiger partial charge on any atom is -0.497 e. The van der Waals surface area contributed by atoms with Crippen LogP contribution in [-0.4, -0.2) is 41.5 Å². The van der Waals surface area contributed by atoms with E-state index in [-0.39, 0.29) is 5.28 Å². The number of nitrogens with zero attached hydrogens (tertiary/aromatic N) is 4. The first-order chi connectivity index (χ1) is 12.8. The smallest absolute Gasteiger partial charge is 0.224 e. The molecule has 27 heavy (non-hydrogen) atoms. The molecule has 7 nitrogen and oxygen atoms in total. The highest BCUT2D eigenvalue weighted by Crippen LogP contribution is 2.28. The minimum absolute atomic E-state index is 0.171. The van der Waals surface area contributed by atoms with Crippen LogP contribution in [0, 0.1) is 0 Å². The van der Waals surface area contributed by atoms with E-state index in [1.807, 2.05) is 30.5 Å². The fourth-order valence-corrected chi connectivity index (χ4v) is 3.39. The van der Waals surface area contributed by atoms with E-state index in [0.29, 0.717) is 18.4 Å². The first kappa shape index (κ1) is 19.6. The fourth-order valence-electron chi connectivity index (χ4n) is 2.46. The summed E-state index contributed by atoms with van der Waals surface area (Å²) >= 11 is 6.05. The molecule has 0 radical (unpaired) electrons. The Bertz CT molecular complexity index is 926. The quantitative estimate of drug-likeness (QED) is 0.337. The molecule has 1 aromatic carbocycles. The first-order valence-electron chi connectivity index (χ1n) is 8.73. The van der Waals surface area contributed by atoms with Crippen molar-refractivity contribution >= 4 is 42.2 Å². The van der Waals surface area contributed by atoms with Crippen molar-refractivity contribution in [3.63, 3.8) is 0 Å². The summed E-state index contributed by atoms with van der Waals surface area (Å²) in [5, 5.41) is 8.65. The lowest BCUT2D eigenvalue weighted by molar-refractivity contribution is 0.0788. The highest BCUT2D eigenvalue weighted by atomic mass is 35.5. The van der Waals surface area contributed by atoms with Crippen molar-refractivity contribution in [2.24, 2.45) is 0 Å². The molecule has 0 amide bonds. The van der Waals surface area contributed by atoms with Gasteiger partial charge in [0, 0.05) is 32.3 Å². The number of halogens is 1. The molecule has 0 saturated carbocycles. The SMILES string of the molecule is COc1ccc2nc(Cl)nc(Nc3ccn(COCC[Si](C)(C)C)n3)c2c1. The monoisotopic (exact) mass is 405 g/mol. The standard InChI is InChI=1S/C18H24ClN5O2Si/c1-25-13-5-6-15-14(11-13)17(22-18(19)20-15)21-16-7-8-24(23-16)12-26-9-10-27(2,3)4/h5-8,11H,9-10,12H2,1-4H3,(H,20,21,22,23). The molecule has 0 unspecified atom stereocenters. The zero-order chi connectivity index (χ0) is 19.4. The molecule has 0 bridgehead atoms. The number of aromatic nitrogens is 4. The van der Waals surface area contributed by atoms with Crippen molar-refractivity contribution in [2.75, 3.05) is 19.0 Å². The Labute approximate surface area is 164 Å². The molecule has 9 heteroatoms. The van der Waals surface area contributed by atoms with Crippen molar-refractivity contribution in [2.45, 2.75) is 32.4 Å². The molecule has 1 N–H and O–H groups in total. The Hall–Kier alpha value is -2.16. The molecule has 3 rings (SSSR count). The second-order valence-electron chi connectivity index (χ2n) is 7.44.